The van der Waals surface area contributed by atoms with Gasteiger partial charge in [-0.25, -0.2) is 4.79 Å². The van der Waals surface area contributed by atoms with Crippen molar-refractivity contribution in [3.8, 4) is 0 Å². The van der Waals surface area contributed by atoms with Gasteiger partial charge in [0.1, 0.15) is 0 Å². The van der Waals surface area contributed by atoms with E-state index in [0.29, 0.717) is 0 Å². The summed E-state index contributed by atoms with van der Waals surface area (Å²) in [7, 11) is 5.46. The summed E-state index contributed by atoms with van der Waals surface area (Å²) in [4.78, 5) is 18.0. The Labute approximate surface area is 143 Å². The van der Waals surface area contributed by atoms with Crippen molar-refractivity contribution in [2.45, 2.75) is 25.8 Å². The maximum Gasteiger partial charge on any atom is 0.319 e. The lowest BCUT2D eigenvalue weighted by Gasteiger charge is -2.39. The summed E-state index contributed by atoms with van der Waals surface area (Å²) in [5.74, 6) is 0.923. The number of carbonyl (C=O) groups is 1. The minimum Gasteiger partial charge on any atom is -0.353 e. The van der Waals surface area contributed by atoms with Gasteiger partial charge in [-0.1, -0.05) is 24.3 Å². The number of nitrogens with zero attached hydrogens (tertiary/aromatic N) is 5. The average molecular weight is 327 g/mol. The lowest BCUT2D eigenvalue weighted by Crippen LogP contribution is -2.51. The van der Waals surface area contributed by atoms with Crippen molar-refractivity contribution in [2.24, 2.45) is 0 Å². The molecule has 1 saturated heterocycles. The molecule has 128 valence electrons. The first-order valence-electron chi connectivity index (χ1n) is 8.40. The molecule has 1 aromatic carbocycles. The molecule has 2 heterocycles. The third kappa shape index (κ3) is 3.00. The van der Waals surface area contributed by atoms with Crippen LogP contribution in [0.1, 0.15) is 18.5 Å². The van der Waals surface area contributed by atoms with Crippen LogP contribution < -0.4 is 4.90 Å². The summed E-state index contributed by atoms with van der Waals surface area (Å²) in [6, 6.07) is 8.49. The smallest absolute Gasteiger partial charge is 0.319 e. The molecule has 0 N–H and O–H groups in total. The Morgan fingerprint density at radius 3 is 2.58 bits per heavy atom. The van der Waals surface area contributed by atoms with Gasteiger partial charge in [-0.05, 0) is 19.8 Å². The van der Waals surface area contributed by atoms with Gasteiger partial charge in [-0.2, -0.15) is 5.10 Å². The van der Waals surface area contributed by atoms with E-state index in [-0.39, 0.29) is 12.1 Å². The van der Waals surface area contributed by atoms with Gasteiger partial charge in [0.25, 0.3) is 0 Å². The molecular formula is C18H25N5O. The van der Waals surface area contributed by atoms with E-state index in [0.717, 1.165) is 48.2 Å². The Bertz CT molecular complexity index is 745. The number of aromatic nitrogens is 2. The number of rotatable bonds is 2. The minimum absolute atomic E-state index is 0.0432. The van der Waals surface area contributed by atoms with Crippen LogP contribution in [0, 0.1) is 6.92 Å². The maximum atomic E-state index is 12.2. The highest BCUT2D eigenvalue weighted by atomic mass is 16.2. The molecule has 1 aliphatic heterocycles. The molecule has 6 nitrogen and oxygen atoms in total. The first kappa shape index (κ1) is 16.5. The largest absolute Gasteiger partial charge is 0.353 e. The maximum absolute atomic E-state index is 12.2. The van der Waals surface area contributed by atoms with Crippen molar-refractivity contribution >= 4 is 22.6 Å². The predicted octanol–water partition coefficient (Wildman–Crippen LogP) is 2.52. The third-order valence-corrected chi connectivity index (χ3v) is 4.78. The Kier molecular flexibility index (Phi) is 4.55. The lowest BCUT2D eigenvalue weighted by molar-refractivity contribution is 0.157. The quantitative estimate of drug-likeness (QED) is 0.850. The van der Waals surface area contributed by atoms with Gasteiger partial charge >= 0.3 is 6.03 Å². The highest BCUT2D eigenvalue weighted by Crippen LogP contribution is 2.28. The highest BCUT2D eigenvalue weighted by molar-refractivity contribution is 5.93. The van der Waals surface area contributed by atoms with Crippen LogP contribution in [0.4, 0.5) is 10.6 Å². The van der Waals surface area contributed by atoms with E-state index in [2.05, 4.69) is 27.2 Å². The molecule has 2 aromatic rings. The van der Waals surface area contributed by atoms with Crippen molar-refractivity contribution in [1.29, 1.82) is 0 Å². The van der Waals surface area contributed by atoms with Crippen molar-refractivity contribution in [3.05, 3.63) is 30.0 Å². The van der Waals surface area contributed by atoms with Crippen LogP contribution >= 0.6 is 0 Å². The Hall–Kier alpha value is -2.37. The van der Waals surface area contributed by atoms with Crippen LogP contribution in [-0.2, 0) is 0 Å². The van der Waals surface area contributed by atoms with Crippen LogP contribution in [0.25, 0.3) is 10.8 Å². The molecule has 2 amide bonds. The topological polar surface area (TPSA) is 52.6 Å². The fraction of sp³-hybridized carbons (Fsp3) is 0.500. The standard InChI is InChI=1S/C18H25N5O/c1-13-15-9-5-6-10-16(15)17(20-19-13)23-11-7-8-14(12-23)22(4)18(24)21(2)3/h5-6,9-10,14H,7-8,11-12H2,1-4H3. The van der Waals surface area contributed by atoms with Gasteiger partial charge in [0.05, 0.1) is 11.7 Å². The number of hydrogen-bond donors (Lipinski definition) is 0. The number of amides is 2. The van der Waals surface area contributed by atoms with Crippen LogP contribution in [0.3, 0.4) is 0 Å². The summed E-state index contributed by atoms with van der Waals surface area (Å²) in [5.41, 5.74) is 0.947. The van der Waals surface area contributed by atoms with E-state index in [9.17, 15) is 4.79 Å². The van der Waals surface area contributed by atoms with Gasteiger partial charge in [0.2, 0.25) is 0 Å². The van der Waals surface area contributed by atoms with E-state index in [1.165, 1.54) is 0 Å². The third-order valence-electron chi connectivity index (χ3n) is 4.78. The zero-order chi connectivity index (χ0) is 17.3. The van der Waals surface area contributed by atoms with Crippen molar-refractivity contribution in [1.82, 2.24) is 20.0 Å². The Morgan fingerprint density at radius 1 is 1.17 bits per heavy atom. The number of benzene rings is 1. The molecule has 3 rings (SSSR count). The van der Waals surface area contributed by atoms with Crippen LogP contribution in [-0.4, -0.2) is 66.3 Å². The van der Waals surface area contributed by atoms with E-state index in [4.69, 9.17) is 0 Å². The molecule has 0 aliphatic carbocycles. The Balaban J connectivity index is 1.88. The van der Waals surface area contributed by atoms with Gasteiger partial charge < -0.3 is 14.7 Å². The average Bonchev–Trinajstić information content (AvgIpc) is 2.61. The zero-order valence-electron chi connectivity index (χ0n) is 14.9. The van der Waals surface area contributed by atoms with Gasteiger partial charge in [-0.3, -0.25) is 0 Å². The zero-order valence-corrected chi connectivity index (χ0v) is 14.9. The summed E-state index contributed by atoms with van der Waals surface area (Å²) in [5, 5.41) is 11.1. The van der Waals surface area contributed by atoms with E-state index >= 15 is 0 Å². The van der Waals surface area contributed by atoms with Crippen LogP contribution in [0.2, 0.25) is 0 Å². The van der Waals surface area contributed by atoms with Gasteiger partial charge in [0.15, 0.2) is 5.82 Å². The first-order chi connectivity index (χ1) is 11.5. The van der Waals surface area contributed by atoms with E-state index in [1.807, 2.05) is 31.0 Å². The molecule has 1 aliphatic rings. The molecule has 0 saturated carbocycles. The number of piperidine rings is 1. The number of likely N-dealkylation sites (N-methyl/N-ethyl adjacent to an activating group) is 1. The van der Waals surface area contributed by atoms with Crippen LogP contribution in [0.15, 0.2) is 24.3 Å². The number of fused-ring (bicyclic) bond motifs is 1. The second-order valence-corrected chi connectivity index (χ2v) is 6.68. The lowest BCUT2D eigenvalue weighted by atomic mass is 10.0. The molecule has 6 heteroatoms. The fourth-order valence-corrected chi connectivity index (χ4v) is 3.39. The second kappa shape index (κ2) is 6.63. The minimum atomic E-state index is 0.0432. The first-order valence-corrected chi connectivity index (χ1v) is 8.40. The molecule has 1 atom stereocenters. The molecule has 1 aromatic heterocycles. The van der Waals surface area contributed by atoms with Crippen molar-refractivity contribution in [2.75, 3.05) is 39.1 Å². The normalized spacial score (nSPS) is 17.8. The van der Waals surface area contributed by atoms with E-state index in [1.54, 1.807) is 19.0 Å². The highest BCUT2D eigenvalue weighted by Gasteiger charge is 2.28. The second-order valence-electron chi connectivity index (χ2n) is 6.68. The number of carbonyl (C=O) groups excluding carboxylic acids is 1. The van der Waals surface area contributed by atoms with Gasteiger partial charge in [-0.15, -0.1) is 5.10 Å². The molecule has 1 fully saturated rings. The Morgan fingerprint density at radius 2 is 1.88 bits per heavy atom. The molecule has 1 unspecified atom stereocenters. The molecule has 0 bridgehead atoms. The summed E-state index contributed by atoms with van der Waals surface area (Å²) >= 11 is 0. The number of aryl methyl sites for hydroxylation is 1. The van der Waals surface area contributed by atoms with Gasteiger partial charge in [0, 0.05) is 45.0 Å². The SMILES string of the molecule is Cc1nnc(N2CCCC(N(C)C(=O)N(C)C)C2)c2ccccc12. The summed E-state index contributed by atoms with van der Waals surface area (Å²) in [6.45, 7) is 3.72. The monoisotopic (exact) mass is 327 g/mol. The predicted molar refractivity (Wildman–Crippen MR) is 96.4 cm³/mol. The number of anilines is 1. The number of urea groups is 1. The van der Waals surface area contributed by atoms with Crippen LogP contribution in [0.5, 0.6) is 0 Å². The van der Waals surface area contributed by atoms with Crippen molar-refractivity contribution in [3.63, 3.8) is 0 Å². The molecule has 0 radical (unpaired) electrons. The fourth-order valence-electron chi connectivity index (χ4n) is 3.39. The summed E-state index contributed by atoms with van der Waals surface area (Å²) in [6.07, 6.45) is 2.06. The molecule has 0 spiro atoms. The van der Waals surface area contributed by atoms with Crippen molar-refractivity contribution < 1.29 is 4.79 Å². The molecule has 24 heavy (non-hydrogen) atoms. The molecular weight excluding hydrogens is 302 g/mol. The van der Waals surface area contributed by atoms with E-state index < -0.39 is 0 Å². The number of hydrogen-bond acceptors (Lipinski definition) is 4. The summed E-state index contributed by atoms with van der Waals surface area (Å²) < 4.78 is 0.